The van der Waals surface area contributed by atoms with E-state index in [9.17, 15) is 9.90 Å². The molecule has 1 aliphatic heterocycles. The minimum absolute atomic E-state index is 0.0433. The van der Waals surface area contributed by atoms with Crippen LogP contribution in [0, 0.1) is 18.8 Å². The summed E-state index contributed by atoms with van der Waals surface area (Å²) in [5, 5.41) is 12.7. The Kier molecular flexibility index (Phi) is 5.83. The largest absolute Gasteiger partial charge is 0.507 e. The topological polar surface area (TPSA) is 52.6 Å². The Morgan fingerprint density at radius 3 is 2.68 bits per heavy atom. The van der Waals surface area contributed by atoms with Gasteiger partial charge in [0.1, 0.15) is 5.75 Å². The number of piperidine rings is 1. The summed E-state index contributed by atoms with van der Waals surface area (Å²) in [6, 6.07) is 5.09. The van der Waals surface area contributed by atoms with Crippen molar-refractivity contribution < 1.29 is 9.90 Å². The minimum Gasteiger partial charge on any atom is -0.507 e. The molecule has 0 saturated carbocycles. The van der Waals surface area contributed by atoms with Crippen molar-refractivity contribution in [2.75, 3.05) is 26.2 Å². The maximum Gasteiger partial charge on any atom is 0.255 e. The van der Waals surface area contributed by atoms with Crippen molar-refractivity contribution in [2.45, 2.75) is 33.6 Å². The molecule has 1 aromatic rings. The third-order valence-corrected chi connectivity index (χ3v) is 4.28. The van der Waals surface area contributed by atoms with Crippen molar-refractivity contribution in [3.05, 3.63) is 29.3 Å². The van der Waals surface area contributed by atoms with E-state index in [4.69, 9.17) is 0 Å². The summed E-state index contributed by atoms with van der Waals surface area (Å²) in [6.07, 6.45) is 2.26. The van der Waals surface area contributed by atoms with E-state index >= 15 is 0 Å². The standard InChI is InChI=1S/C18H28N2O2/c1-13-5-6-17(21)16(10-13)18(22)19-7-4-8-20-11-14(2)9-15(3)12-20/h5-6,10,14-15,21H,4,7-9,11-12H2,1-3H3,(H,19,22). The highest BCUT2D eigenvalue weighted by molar-refractivity contribution is 5.96. The van der Waals surface area contributed by atoms with E-state index in [0.29, 0.717) is 12.1 Å². The van der Waals surface area contributed by atoms with Crippen molar-refractivity contribution in [1.29, 1.82) is 0 Å². The summed E-state index contributed by atoms with van der Waals surface area (Å²) in [5.41, 5.74) is 1.33. The highest BCUT2D eigenvalue weighted by Crippen LogP contribution is 2.21. The molecule has 1 fully saturated rings. The summed E-state index contributed by atoms with van der Waals surface area (Å²) in [6.45, 7) is 10.5. The van der Waals surface area contributed by atoms with Crippen LogP contribution in [0.5, 0.6) is 5.75 Å². The molecule has 122 valence electrons. The van der Waals surface area contributed by atoms with Gasteiger partial charge in [-0.15, -0.1) is 0 Å². The number of phenolic OH excluding ortho intramolecular Hbond substituents is 1. The molecular weight excluding hydrogens is 276 g/mol. The number of carbonyl (C=O) groups excluding carboxylic acids is 1. The van der Waals surface area contributed by atoms with Crippen LogP contribution in [0.25, 0.3) is 0 Å². The quantitative estimate of drug-likeness (QED) is 0.823. The number of amides is 1. The fourth-order valence-corrected chi connectivity index (χ4v) is 3.41. The lowest BCUT2D eigenvalue weighted by Crippen LogP contribution is -2.40. The van der Waals surface area contributed by atoms with Gasteiger partial charge in [0.25, 0.3) is 5.91 Å². The highest BCUT2D eigenvalue weighted by Gasteiger charge is 2.21. The fourth-order valence-electron chi connectivity index (χ4n) is 3.41. The second kappa shape index (κ2) is 7.63. The lowest BCUT2D eigenvalue weighted by Gasteiger charge is -2.34. The van der Waals surface area contributed by atoms with Gasteiger partial charge in [-0.25, -0.2) is 0 Å². The molecule has 2 N–H and O–H groups in total. The minimum atomic E-state index is -0.193. The van der Waals surface area contributed by atoms with Gasteiger partial charge >= 0.3 is 0 Å². The Bertz CT molecular complexity index is 506. The Balaban J connectivity index is 1.74. The third kappa shape index (κ3) is 4.73. The van der Waals surface area contributed by atoms with Gasteiger partial charge in [0.2, 0.25) is 0 Å². The number of hydrogen-bond donors (Lipinski definition) is 2. The zero-order valence-electron chi connectivity index (χ0n) is 13.9. The second-order valence-corrected chi connectivity index (χ2v) is 6.84. The zero-order valence-corrected chi connectivity index (χ0v) is 13.9. The van der Waals surface area contributed by atoms with E-state index in [2.05, 4.69) is 24.1 Å². The number of carbonyl (C=O) groups is 1. The van der Waals surface area contributed by atoms with Crippen LogP contribution in [-0.2, 0) is 0 Å². The van der Waals surface area contributed by atoms with Crippen molar-refractivity contribution in [3.8, 4) is 5.75 Å². The van der Waals surface area contributed by atoms with E-state index in [-0.39, 0.29) is 11.7 Å². The molecule has 22 heavy (non-hydrogen) atoms. The molecule has 1 amide bonds. The number of nitrogens with one attached hydrogen (secondary N) is 1. The first kappa shape index (κ1) is 16.8. The number of phenols is 1. The molecule has 2 rings (SSSR count). The van der Waals surface area contributed by atoms with Crippen LogP contribution in [0.4, 0.5) is 0 Å². The lowest BCUT2D eigenvalue weighted by molar-refractivity contribution is 0.0944. The first-order chi connectivity index (χ1) is 10.5. The van der Waals surface area contributed by atoms with Crippen molar-refractivity contribution in [2.24, 2.45) is 11.8 Å². The van der Waals surface area contributed by atoms with Crippen LogP contribution >= 0.6 is 0 Å². The van der Waals surface area contributed by atoms with Crippen LogP contribution in [0.15, 0.2) is 18.2 Å². The molecule has 0 aromatic heterocycles. The Labute approximate surface area is 133 Å². The predicted octanol–water partition coefficient (Wildman–Crippen LogP) is 2.80. The SMILES string of the molecule is Cc1ccc(O)c(C(=O)NCCCN2CC(C)CC(C)C2)c1. The Hall–Kier alpha value is -1.55. The van der Waals surface area contributed by atoms with Crippen LogP contribution < -0.4 is 5.32 Å². The van der Waals surface area contributed by atoms with Crippen LogP contribution in [0.1, 0.15) is 42.6 Å². The van der Waals surface area contributed by atoms with Crippen LogP contribution in [0.3, 0.4) is 0 Å². The number of nitrogens with zero attached hydrogens (tertiary/aromatic N) is 1. The molecule has 0 bridgehead atoms. The highest BCUT2D eigenvalue weighted by atomic mass is 16.3. The number of aryl methyl sites for hydroxylation is 1. The normalized spacial score (nSPS) is 22.5. The third-order valence-electron chi connectivity index (χ3n) is 4.28. The van der Waals surface area contributed by atoms with E-state index in [1.807, 2.05) is 6.92 Å². The molecule has 4 heteroatoms. The van der Waals surface area contributed by atoms with Gasteiger partial charge in [-0.05, 0) is 50.3 Å². The number of benzene rings is 1. The maximum absolute atomic E-state index is 12.1. The molecule has 1 aromatic carbocycles. The zero-order chi connectivity index (χ0) is 16.1. The maximum atomic E-state index is 12.1. The van der Waals surface area contributed by atoms with Crippen LogP contribution in [-0.4, -0.2) is 42.1 Å². The van der Waals surface area contributed by atoms with Gasteiger partial charge in [0.15, 0.2) is 0 Å². The summed E-state index contributed by atoms with van der Waals surface area (Å²) in [7, 11) is 0. The molecule has 1 aliphatic rings. The van der Waals surface area contributed by atoms with Crippen molar-refractivity contribution >= 4 is 5.91 Å². The Morgan fingerprint density at radius 1 is 1.32 bits per heavy atom. The molecule has 2 atom stereocenters. The predicted molar refractivity (Wildman–Crippen MR) is 89.2 cm³/mol. The first-order valence-electron chi connectivity index (χ1n) is 8.26. The van der Waals surface area contributed by atoms with E-state index in [1.165, 1.54) is 6.42 Å². The Morgan fingerprint density at radius 2 is 2.00 bits per heavy atom. The second-order valence-electron chi connectivity index (χ2n) is 6.84. The number of aromatic hydroxyl groups is 1. The molecule has 2 unspecified atom stereocenters. The average Bonchev–Trinajstić information content (AvgIpc) is 2.45. The number of hydrogen-bond acceptors (Lipinski definition) is 3. The van der Waals surface area contributed by atoms with Gasteiger partial charge in [0, 0.05) is 19.6 Å². The van der Waals surface area contributed by atoms with E-state index in [0.717, 1.165) is 43.5 Å². The molecule has 0 radical (unpaired) electrons. The molecule has 4 nitrogen and oxygen atoms in total. The van der Waals surface area contributed by atoms with Gasteiger partial charge in [-0.3, -0.25) is 4.79 Å². The van der Waals surface area contributed by atoms with Gasteiger partial charge in [0.05, 0.1) is 5.56 Å². The molecule has 0 aliphatic carbocycles. The first-order valence-corrected chi connectivity index (χ1v) is 8.26. The van der Waals surface area contributed by atoms with Crippen molar-refractivity contribution in [1.82, 2.24) is 10.2 Å². The monoisotopic (exact) mass is 304 g/mol. The molecule has 0 spiro atoms. The number of likely N-dealkylation sites (tertiary alicyclic amines) is 1. The van der Waals surface area contributed by atoms with Gasteiger partial charge in [-0.2, -0.15) is 0 Å². The van der Waals surface area contributed by atoms with Gasteiger partial charge < -0.3 is 15.3 Å². The van der Waals surface area contributed by atoms with E-state index in [1.54, 1.807) is 18.2 Å². The molecule has 1 heterocycles. The molecule has 1 saturated heterocycles. The summed E-state index contributed by atoms with van der Waals surface area (Å²) in [5.74, 6) is 1.38. The number of rotatable bonds is 5. The lowest BCUT2D eigenvalue weighted by atomic mass is 9.92. The van der Waals surface area contributed by atoms with Crippen LogP contribution in [0.2, 0.25) is 0 Å². The summed E-state index contributed by atoms with van der Waals surface area (Å²) >= 11 is 0. The van der Waals surface area contributed by atoms with E-state index < -0.39 is 0 Å². The average molecular weight is 304 g/mol. The summed E-state index contributed by atoms with van der Waals surface area (Å²) < 4.78 is 0. The smallest absolute Gasteiger partial charge is 0.255 e. The summed E-state index contributed by atoms with van der Waals surface area (Å²) in [4.78, 5) is 14.6. The molecular formula is C18H28N2O2. The fraction of sp³-hybridized carbons (Fsp3) is 0.611. The van der Waals surface area contributed by atoms with Gasteiger partial charge in [-0.1, -0.05) is 25.5 Å². The van der Waals surface area contributed by atoms with Crippen molar-refractivity contribution in [3.63, 3.8) is 0 Å².